The largest absolute Gasteiger partial charge is 0.488 e. The molecule has 160 valence electrons. The number of rotatable bonds is 6. The first kappa shape index (κ1) is 21.1. The molecule has 0 unspecified atom stereocenters. The second-order valence-corrected chi connectivity index (χ2v) is 7.29. The normalized spacial score (nSPS) is 15.1. The van der Waals surface area contributed by atoms with Crippen LogP contribution in [-0.4, -0.2) is 17.8 Å². The highest BCUT2D eigenvalue weighted by molar-refractivity contribution is 6.39. The molecule has 6 nitrogen and oxygen atoms in total. The number of urea groups is 1. The lowest BCUT2D eigenvalue weighted by Crippen LogP contribution is -2.54. The number of hydrogen-bond acceptors (Lipinski definition) is 4. The molecule has 0 spiro atoms. The number of carbonyl (C=O) groups excluding carboxylic acids is 3. The van der Waals surface area contributed by atoms with Crippen LogP contribution >= 0.6 is 0 Å². The van der Waals surface area contributed by atoms with Crippen molar-refractivity contribution in [2.45, 2.75) is 20.0 Å². The number of amides is 4. The van der Waals surface area contributed by atoms with Crippen molar-refractivity contribution in [1.82, 2.24) is 5.32 Å². The van der Waals surface area contributed by atoms with Crippen LogP contribution in [0.15, 0.2) is 84.4 Å². The van der Waals surface area contributed by atoms with Gasteiger partial charge in [-0.05, 0) is 41.8 Å². The van der Waals surface area contributed by atoms with Gasteiger partial charge >= 0.3 is 6.03 Å². The van der Waals surface area contributed by atoms with Crippen molar-refractivity contribution >= 4 is 29.6 Å². The molecule has 0 radical (unpaired) electrons. The van der Waals surface area contributed by atoms with E-state index in [2.05, 4.69) is 5.32 Å². The van der Waals surface area contributed by atoms with Crippen LogP contribution in [0.3, 0.4) is 0 Å². The van der Waals surface area contributed by atoms with E-state index in [1.54, 1.807) is 30.3 Å². The zero-order valence-corrected chi connectivity index (χ0v) is 17.6. The van der Waals surface area contributed by atoms with Gasteiger partial charge in [0, 0.05) is 5.56 Å². The van der Waals surface area contributed by atoms with E-state index in [1.165, 1.54) is 6.08 Å². The van der Waals surface area contributed by atoms with Crippen LogP contribution in [-0.2, 0) is 22.6 Å². The molecule has 6 heteroatoms. The fourth-order valence-corrected chi connectivity index (χ4v) is 3.39. The SMILES string of the molecule is CCc1ccc(N2C(=O)NC(=O)/C(=C/c3ccccc3OCc3ccccc3)C2=O)cc1. The van der Waals surface area contributed by atoms with Gasteiger partial charge in [0.05, 0.1) is 5.69 Å². The van der Waals surface area contributed by atoms with E-state index in [4.69, 9.17) is 4.74 Å². The number of imide groups is 2. The van der Waals surface area contributed by atoms with Gasteiger partial charge < -0.3 is 4.74 Å². The van der Waals surface area contributed by atoms with Gasteiger partial charge in [0.25, 0.3) is 11.8 Å². The molecular weight excluding hydrogens is 404 g/mol. The molecule has 3 aromatic carbocycles. The number of nitrogens with zero attached hydrogens (tertiary/aromatic N) is 1. The Morgan fingerprint density at radius 3 is 2.25 bits per heavy atom. The molecule has 4 rings (SSSR count). The van der Waals surface area contributed by atoms with Gasteiger partial charge in [-0.15, -0.1) is 0 Å². The smallest absolute Gasteiger partial charge is 0.335 e. The fourth-order valence-electron chi connectivity index (χ4n) is 3.39. The van der Waals surface area contributed by atoms with Crippen LogP contribution in [0, 0.1) is 0 Å². The third-order valence-electron chi connectivity index (χ3n) is 5.16. The van der Waals surface area contributed by atoms with Crippen molar-refractivity contribution in [1.29, 1.82) is 0 Å². The molecule has 0 saturated carbocycles. The van der Waals surface area contributed by atoms with Crippen LogP contribution in [0.25, 0.3) is 6.08 Å². The standard InChI is InChI=1S/C26H22N2O4/c1-2-18-12-14-21(15-13-18)28-25(30)22(24(29)27-26(28)31)16-20-10-6-7-11-23(20)32-17-19-8-4-3-5-9-19/h3-16H,2,17H2,1H3,(H,27,29,31)/b22-16-. The number of carbonyl (C=O) groups is 3. The third-order valence-corrected chi connectivity index (χ3v) is 5.16. The maximum atomic E-state index is 13.1. The lowest BCUT2D eigenvalue weighted by atomic mass is 10.1. The fraction of sp³-hybridized carbons (Fsp3) is 0.115. The minimum atomic E-state index is -0.769. The maximum absolute atomic E-state index is 13.1. The predicted molar refractivity (Wildman–Crippen MR) is 122 cm³/mol. The van der Waals surface area contributed by atoms with E-state index in [0.29, 0.717) is 23.6 Å². The van der Waals surface area contributed by atoms with E-state index in [-0.39, 0.29) is 5.57 Å². The van der Waals surface area contributed by atoms with Gasteiger partial charge in [-0.1, -0.05) is 67.6 Å². The number of aryl methyl sites for hydroxylation is 1. The van der Waals surface area contributed by atoms with Gasteiger partial charge in [0.1, 0.15) is 17.9 Å². The van der Waals surface area contributed by atoms with Crippen molar-refractivity contribution in [2.75, 3.05) is 4.90 Å². The minimum absolute atomic E-state index is 0.139. The summed E-state index contributed by atoms with van der Waals surface area (Å²) in [6.45, 7) is 2.36. The topological polar surface area (TPSA) is 75.7 Å². The molecule has 1 aliphatic heterocycles. The molecular formula is C26H22N2O4. The Labute approximate surface area is 186 Å². The molecule has 0 aromatic heterocycles. The van der Waals surface area contributed by atoms with E-state index >= 15 is 0 Å². The van der Waals surface area contributed by atoms with Crippen LogP contribution in [0.5, 0.6) is 5.75 Å². The Balaban J connectivity index is 1.63. The van der Waals surface area contributed by atoms with Gasteiger partial charge in [0.2, 0.25) is 0 Å². The van der Waals surface area contributed by atoms with Gasteiger partial charge in [0.15, 0.2) is 0 Å². The van der Waals surface area contributed by atoms with Crippen LogP contribution in [0.1, 0.15) is 23.6 Å². The number of nitrogens with one attached hydrogen (secondary N) is 1. The summed E-state index contributed by atoms with van der Waals surface area (Å²) in [5, 5.41) is 2.25. The molecule has 0 aliphatic carbocycles. The highest BCUT2D eigenvalue weighted by Gasteiger charge is 2.36. The van der Waals surface area contributed by atoms with Crippen LogP contribution in [0.2, 0.25) is 0 Å². The number of ether oxygens (including phenoxy) is 1. The number of para-hydroxylation sites is 1. The average Bonchev–Trinajstić information content (AvgIpc) is 2.82. The molecule has 1 saturated heterocycles. The molecule has 1 N–H and O–H groups in total. The molecule has 32 heavy (non-hydrogen) atoms. The van der Waals surface area contributed by atoms with Gasteiger partial charge in [-0.25, -0.2) is 9.69 Å². The zero-order valence-electron chi connectivity index (χ0n) is 17.6. The highest BCUT2D eigenvalue weighted by atomic mass is 16.5. The van der Waals surface area contributed by atoms with Gasteiger partial charge in [-0.3, -0.25) is 14.9 Å². The summed E-state index contributed by atoms with van der Waals surface area (Å²) in [4.78, 5) is 39.0. The van der Waals surface area contributed by atoms with E-state index in [1.807, 2.05) is 55.5 Å². The Morgan fingerprint density at radius 1 is 0.844 bits per heavy atom. The van der Waals surface area contributed by atoms with Crippen LogP contribution in [0.4, 0.5) is 10.5 Å². The first-order chi connectivity index (χ1) is 15.6. The number of anilines is 1. The van der Waals surface area contributed by atoms with E-state index in [9.17, 15) is 14.4 Å². The summed E-state index contributed by atoms with van der Waals surface area (Å²) < 4.78 is 5.93. The highest BCUT2D eigenvalue weighted by Crippen LogP contribution is 2.26. The summed E-state index contributed by atoms with van der Waals surface area (Å²) in [7, 11) is 0. The van der Waals surface area contributed by atoms with Crippen molar-refractivity contribution in [2.24, 2.45) is 0 Å². The molecule has 1 heterocycles. The second-order valence-electron chi connectivity index (χ2n) is 7.29. The predicted octanol–water partition coefficient (Wildman–Crippen LogP) is 4.49. The summed E-state index contributed by atoms with van der Waals surface area (Å²) in [5.41, 5.74) is 2.90. The van der Waals surface area contributed by atoms with Gasteiger partial charge in [-0.2, -0.15) is 0 Å². The number of benzene rings is 3. The molecule has 1 aliphatic rings. The molecule has 0 atom stereocenters. The Kier molecular flexibility index (Phi) is 6.12. The Hall–Kier alpha value is -4.19. The molecule has 3 aromatic rings. The molecule has 0 bridgehead atoms. The van der Waals surface area contributed by atoms with E-state index in [0.717, 1.165) is 22.4 Å². The lowest BCUT2D eigenvalue weighted by molar-refractivity contribution is -0.122. The summed E-state index contributed by atoms with van der Waals surface area (Å²) >= 11 is 0. The van der Waals surface area contributed by atoms with Crippen LogP contribution < -0.4 is 15.0 Å². The monoisotopic (exact) mass is 426 g/mol. The molecule has 4 amide bonds. The lowest BCUT2D eigenvalue weighted by Gasteiger charge is -2.26. The van der Waals surface area contributed by atoms with Crippen molar-refractivity contribution in [3.8, 4) is 5.75 Å². The Morgan fingerprint density at radius 2 is 1.53 bits per heavy atom. The quantitative estimate of drug-likeness (QED) is 0.465. The molecule has 1 fully saturated rings. The summed E-state index contributed by atoms with van der Waals surface area (Å²) in [6, 6.07) is 23.1. The number of barbiturate groups is 1. The minimum Gasteiger partial charge on any atom is -0.488 e. The number of hydrogen-bond donors (Lipinski definition) is 1. The first-order valence-electron chi connectivity index (χ1n) is 10.3. The van der Waals surface area contributed by atoms with Crippen molar-refractivity contribution in [3.05, 3.63) is 101 Å². The summed E-state index contributed by atoms with van der Waals surface area (Å²) in [6.07, 6.45) is 2.29. The first-order valence-corrected chi connectivity index (χ1v) is 10.3. The van der Waals surface area contributed by atoms with E-state index < -0.39 is 17.8 Å². The maximum Gasteiger partial charge on any atom is 0.335 e. The van der Waals surface area contributed by atoms with Crippen molar-refractivity contribution < 1.29 is 19.1 Å². The second kappa shape index (κ2) is 9.31. The Bertz CT molecular complexity index is 1180. The van der Waals surface area contributed by atoms with Crippen molar-refractivity contribution in [3.63, 3.8) is 0 Å². The summed E-state index contributed by atoms with van der Waals surface area (Å²) in [5.74, 6) is -0.889. The third kappa shape index (κ3) is 4.44. The average molecular weight is 426 g/mol. The zero-order chi connectivity index (χ0) is 22.5.